The van der Waals surface area contributed by atoms with Gasteiger partial charge in [-0.25, -0.2) is 13.4 Å². The number of hydrogen-bond donors (Lipinski definition) is 1. The second-order valence-corrected chi connectivity index (χ2v) is 7.63. The van der Waals surface area contributed by atoms with Crippen LogP contribution in [0.5, 0.6) is 0 Å². The van der Waals surface area contributed by atoms with Crippen molar-refractivity contribution in [2.75, 3.05) is 30.8 Å². The van der Waals surface area contributed by atoms with Gasteiger partial charge in [0.15, 0.2) is 5.82 Å². The van der Waals surface area contributed by atoms with E-state index in [0.717, 1.165) is 12.0 Å². The number of methoxy groups -OCH3 is 1. The molecule has 118 valence electrons. The molecule has 1 aliphatic heterocycles. The third kappa shape index (κ3) is 4.38. The van der Waals surface area contributed by atoms with Crippen LogP contribution in [0.1, 0.15) is 12.0 Å². The molecule has 21 heavy (non-hydrogen) atoms. The van der Waals surface area contributed by atoms with Crippen molar-refractivity contribution in [1.82, 2.24) is 4.98 Å². The molecular weight excluding hydrogens is 360 g/mol. The Hall–Kier alpha value is -0.700. The van der Waals surface area contributed by atoms with E-state index < -0.39 is 10.0 Å². The monoisotopic (exact) mass is 378 g/mol. The number of pyridine rings is 1. The van der Waals surface area contributed by atoms with Gasteiger partial charge in [0.1, 0.15) is 0 Å². The molecule has 0 aliphatic carbocycles. The lowest BCUT2D eigenvalue weighted by atomic mass is 10.0. The SMILES string of the molecule is COC(CS(=O)(=O)Nc1nccc(C)c1Br)C1CCOC1. The topological polar surface area (TPSA) is 77.5 Å². The average molecular weight is 379 g/mol. The van der Waals surface area contributed by atoms with Gasteiger partial charge in [-0.05, 0) is 40.9 Å². The fourth-order valence-electron chi connectivity index (χ4n) is 2.26. The fraction of sp³-hybridized carbons (Fsp3) is 0.615. The summed E-state index contributed by atoms with van der Waals surface area (Å²) < 4.78 is 38.4. The molecule has 1 aliphatic rings. The lowest BCUT2D eigenvalue weighted by molar-refractivity contribution is 0.0612. The summed E-state index contributed by atoms with van der Waals surface area (Å²) in [5.41, 5.74) is 0.912. The molecule has 2 atom stereocenters. The van der Waals surface area contributed by atoms with Crippen LogP contribution in [-0.2, 0) is 19.5 Å². The summed E-state index contributed by atoms with van der Waals surface area (Å²) in [5, 5.41) is 0. The summed E-state index contributed by atoms with van der Waals surface area (Å²) in [4.78, 5) is 4.05. The van der Waals surface area contributed by atoms with Crippen LogP contribution in [0, 0.1) is 12.8 Å². The van der Waals surface area contributed by atoms with Crippen LogP contribution < -0.4 is 4.72 Å². The summed E-state index contributed by atoms with van der Waals surface area (Å²) in [5.74, 6) is 0.299. The molecule has 2 heterocycles. The minimum absolute atomic E-state index is 0.112. The Kier molecular flexibility index (Phi) is 5.59. The van der Waals surface area contributed by atoms with E-state index in [0.29, 0.717) is 23.5 Å². The van der Waals surface area contributed by atoms with Gasteiger partial charge in [-0.2, -0.15) is 0 Å². The maximum Gasteiger partial charge on any atom is 0.236 e. The summed E-state index contributed by atoms with van der Waals surface area (Å²) in [6, 6.07) is 1.80. The van der Waals surface area contributed by atoms with Crippen molar-refractivity contribution in [2.24, 2.45) is 5.92 Å². The van der Waals surface area contributed by atoms with E-state index in [2.05, 4.69) is 25.6 Å². The molecule has 2 unspecified atom stereocenters. The van der Waals surface area contributed by atoms with Crippen LogP contribution in [-0.4, -0.2) is 45.6 Å². The predicted octanol–water partition coefficient (Wildman–Crippen LogP) is 1.95. The molecule has 0 bridgehead atoms. The average Bonchev–Trinajstić information content (AvgIpc) is 2.95. The highest BCUT2D eigenvalue weighted by molar-refractivity contribution is 9.10. The zero-order valence-electron chi connectivity index (χ0n) is 12.0. The maximum absolute atomic E-state index is 12.3. The first-order valence-corrected chi connectivity index (χ1v) is 9.09. The first-order valence-electron chi connectivity index (χ1n) is 6.65. The number of sulfonamides is 1. The molecule has 0 aromatic carbocycles. The number of ether oxygens (including phenoxy) is 2. The molecular formula is C13H19BrN2O4S. The van der Waals surface area contributed by atoms with Gasteiger partial charge in [-0.3, -0.25) is 4.72 Å². The van der Waals surface area contributed by atoms with E-state index in [-0.39, 0.29) is 17.8 Å². The highest BCUT2D eigenvalue weighted by Crippen LogP contribution is 2.25. The summed E-state index contributed by atoms with van der Waals surface area (Å²) >= 11 is 3.34. The fourth-order valence-corrected chi connectivity index (χ4v) is 4.10. The van der Waals surface area contributed by atoms with E-state index in [4.69, 9.17) is 9.47 Å². The largest absolute Gasteiger partial charge is 0.381 e. The molecule has 1 aromatic rings. The van der Waals surface area contributed by atoms with Crippen LogP contribution in [0.4, 0.5) is 5.82 Å². The maximum atomic E-state index is 12.3. The van der Waals surface area contributed by atoms with E-state index in [1.165, 1.54) is 7.11 Å². The molecule has 0 amide bonds. The van der Waals surface area contributed by atoms with Crippen molar-refractivity contribution in [3.63, 3.8) is 0 Å². The molecule has 0 saturated carbocycles. The number of aryl methyl sites for hydroxylation is 1. The first kappa shape index (κ1) is 16.7. The van der Waals surface area contributed by atoms with Crippen LogP contribution in [0.2, 0.25) is 0 Å². The van der Waals surface area contributed by atoms with Crippen molar-refractivity contribution in [3.05, 3.63) is 22.3 Å². The van der Waals surface area contributed by atoms with E-state index in [1.807, 2.05) is 6.92 Å². The molecule has 1 saturated heterocycles. The Morgan fingerprint density at radius 1 is 1.62 bits per heavy atom. The lowest BCUT2D eigenvalue weighted by Gasteiger charge is -2.21. The highest BCUT2D eigenvalue weighted by atomic mass is 79.9. The van der Waals surface area contributed by atoms with Gasteiger partial charge < -0.3 is 9.47 Å². The van der Waals surface area contributed by atoms with E-state index in [9.17, 15) is 8.42 Å². The molecule has 8 heteroatoms. The minimum Gasteiger partial charge on any atom is -0.381 e. The molecule has 1 fully saturated rings. The number of nitrogens with zero attached hydrogens (tertiary/aromatic N) is 1. The Bertz CT molecular complexity index is 588. The van der Waals surface area contributed by atoms with Crippen molar-refractivity contribution < 1.29 is 17.9 Å². The molecule has 1 N–H and O–H groups in total. The van der Waals surface area contributed by atoms with E-state index in [1.54, 1.807) is 12.3 Å². The van der Waals surface area contributed by atoms with Gasteiger partial charge in [-0.15, -0.1) is 0 Å². The number of hydrogen-bond acceptors (Lipinski definition) is 5. The highest BCUT2D eigenvalue weighted by Gasteiger charge is 2.30. The summed E-state index contributed by atoms with van der Waals surface area (Å²) in [6.45, 7) is 3.07. The second kappa shape index (κ2) is 7.04. The van der Waals surface area contributed by atoms with Gasteiger partial charge in [0.05, 0.1) is 22.9 Å². The van der Waals surface area contributed by atoms with Crippen LogP contribution in [0.3, 0.4) is 0 Å². The lowest BCUT2D eigenvalue weighted by Crippen LogP contribution is -2.34. The number of nitrogens with one attached hydrogen (secondary N) is 1. The number of rotatable bonds is 6. The van der Waals surface area contributed by atoms with Crippen molar-refractivity contribution in [1.29, 1.82) is 0 Å². The van der Waals surface area contributed by atoms with Gasteiger partial charge in [0.25, 0.3) is 0 Å². The third-order valence-corrected chi connectivity index (χ3v) is 5.78. The molecule has 2 rings (SSSR count). The Morgan fingerprint density at radius 2 is 2.38 bits per heavy atom. The number of halogens is 1. The van der Waals surface area contributed by atoms with Gasteiger partial charge in [0.2, 0.25) is 10.0 Å². The predicted molar refractivity (Wildman–Crippen MR) is 83.8 cm³/mol. The minimum atomic E-state index is -3.55. The summed E-state index contributed by atoms with van der Waals surface area (Å²) in [6.07, 6.45) is 2.00. The molecule has 0 radical (unpaired) electrons. The van der Waals surface area contributed by atoms with Crippen molar-refractivity contribution in [3.8, 4) is 0 Å². The number of anilines is 1. The van der Waals surface area contributed by atoms with Crippen LogP contribution >= 0.6 is 15.9 Å². The smallest absolute Gasteiger partial charge is 0.236 e. The van der Waals surface area contributed by atoms with Crippen molar-refractivity contribution >= 4 is 31.8 Å². The Morgan fingerprint density at radius 3 is 3.00 bits per heavy atom. The zero-order valence-corrected chi connectivity index (χ0v) is 14.4. The molecule has 6 nitrogen and oxygen atoms in total. The molecule has 1 aromatic heterocycles. The van der Waals surface area contributed by atoms with Gasteiger partial charge >= 0.3 is 0 Å². The van der Waals surface area contributed by atoms with Crippen LogP contribution in [0.15, 0.2) is 16.7 Å². The van der Waals surface area contributed by atoms with E-state index >= 15 is 0 Å². The standard InChI is InChI=1S/C13H19BrN2O4S/c1-9-3-5-15-13(12(9)14)16-21(17,18)8-11(19-2)10-4-6-20-7-10/h3,5,10-11H,4,6-8H2,1-2H3,(H,15,16). The van der Waals surface area contributed by atoms with Crippen LogP contribution in [0.25, 0.3) is 0 Å². The first-order chi connectivity index (χ1) is 9.93. The molecule has 0 spiro atoms. The van der Waals surface area contributed by atoms with Gasteiger partial charge in [0, 0.05) is 25.8 Å². The zero-order chi connectivity index (χ0) is 15.5. The normalized spacial score (nSPS) is 20.4. The summed E-state index contributed by atoms with van der Waals surface area (Å²) in [7, 11) is -2.02. The quantitative estimate of drug-likeness (QED) is 0.818. The Labute approximate surface area is 133 Å². The van der Waals surface area contributed by atoms with Gasteiger partial charge in [-0.1, -0.05) is 0 Å². The number of aromatic nitrogens is 1. The Balaban J connectivity index is 2.08. The third-order valence-electron chi connectivity index (χ3n) is 3.51. The second-order valence-electron chi connectivity index (χ2n) is 5.07. The van der Waals surface area contributed by atoms with Crippen molar-refractivity contribution in [2.45, 2.75) is 19.4 Å².